The van der Waals surface area contributed by atoms with Crippen LogP contribution in [0.4, 0.5) is 21.5 Å². The summed E-state index contributed by atoms with van der Waals surface area (Å²) in [4.78, 5) is 4.58. The Morgan fingerprint density at radius 3 is 2.60 bits per heavy atom. The molecule has 0 spiro atoms. The van der Waals surface area contributed by atoms with E-state index in [1.54, 1.807) is 36.9 Å². The largest absolute Gasteiger partial charge is 0.389 e. The molecular formula is C29H24Cl2FN7O. The summed E-state index contributed by atoms with van der Waals surface area (Å²) in [5, 5.41) is 36.3. The molecule has 0 aliphatic heterocycles. The number of fused-ring (bicyclic) bond motifs is 1. The second-order valence-corrected chi connectivity index (χ2v) is 10.7. The molecule has 0 unspecified atom stereocenters. The van der Waals surface area contributed by atoms with Crippen molar-refractivity contribution in [1.29, 1.82) is 5.26 Å². The lowest BCUT2D eigenvalue weighted by atomic mass is 10.0. The van der Waals surface area contributed by atoms with Crippen molar-refractivity contribution in [2.24, 2.45) is 0 Å². The molecule has 0 radical (unpaired) electrons. The summed E-state index contributed by atoms with van der Waals surface area (Å²) in [6.07, 6.45) is 3.24. The van der Waals surface area contributed by atoms with Crippen LogP contribution in [0.5, 0.6) is 0 Å². The number of hydrogen-bond donors (Lipinski definition) is 3. The topological polar surface area (TPSA) is 112 Å². The van der Waals surface area contributed by atoms with E-state index in [4.69, 9.17) is 23.2 Å². The average molecular weight is 576 g/mol. The number of pyridine rings is 1. The number of nitrogens with zero attached hydrogens (tertiary/aromatic N) is 5. The van der Waals surface area contributed by atoms with Crippen LogP contribution in [0.25, 0.3) is 10.9 Å². The van der Waals surface area contributed by atoms with Gasteiger partial charge in [-0.1, -0.05) is 58.7 Å². The fourth-order valence-corrected chi connectivity index (χ4v) is 4.76. The third-order valence-corrected chi connectivity index (χ3v) is 6.59. The van der Waals surface area contributed by atoms with Gasteiger partial charge in [0.15, 0.2) is 0 Å². The van der Waals surface area contributed by atoms with Gasteiger partial charge in [0.1, 0.15) is 17.6 Å². The van der Waals surface area contributed by atoms with E-state index in [1.165, 1.54) is 24.4 Å². The lowest BCUT2D eigenvalue weighted by Gasteiger charge is -2.21. The zero-order valence-electron chi connectivity index (χ0n) is 21.5. The molecule has 2 heterocycles. The van der Waals surface area contributed by atoms with E-state index in [0.29, 0.717) is 38.7 Å². The standard InChI is InChI=1S/C29H24Cl2FN7O/c1-29(2,40)16-39-15-25(37-38-39)27(17-6-4-3-5-7-17)36-24-11-19(30)10-21-26(18(13-33)14-34-28(21)24)35-20-8-9-23(32)22(31)12-20/h3-12,14-15,27,36,40H,16H2,1-2H3,(H,34,35)/t27-/m0/s1. The second-order valence-electron chi connectivity index (χ2n) is 9.90. The fraction of sp³-hybridized carbons (Fsp3) is 0.172. The van der Waals surface area contributed by atoms with Crippen molar-refractivity contribution >= 4 is 51.2 Å². The lowest BCUT2D eigenvalue weighted by Crippen LogP contribution is -2.26. The Morgan fingerprint density at radius 1 is 1.12 bits per heavy atom. The van der Waals surface area contributed by atoms with Crippen LogP contribution in [-0.4, -0.2) is 30.7 Å². The van der Waals surface area contributed by atoms with Crippen LogP contribution in [0.15, 0.2) is 73.1 Å². The van der Waals surface area contributed by atoms with Crippen molar-refractivity contribution in [3.63, 3.8) is 0 Å². The van der Waals surface area contributed by atoms with Gasteiger partial charge < -0.3 is 15.7 Å². The van der Waals surface area contributed by atoms with Gasteiger partial charge in [-0.2, -0.15) is 5.26 Å². The molecule has 11 heteroatoms. The summed E-state index contributed by atoms with van der Waals surface area (Å²) >= 11 is 12.6. The normalized spacial score (nSPS) is 12.2. The van der Waals surface area contributed by atoms with Gasteiger partial charge in [-0.25, -0.2) is 9.07 Å². The van der Waals surface area contributed by atoms with Crippen molar-refractivity contribution in [3.8, 4) is 6.07 Å². The van der Waals surface area contributed by atoms with E-state index < -0.39 is 17.5 Å². The third-order valence-electron chi connectivity index (χ3n) is 6.08. The Labute approximate surface area is 240 Å². The van der Waals surface area contributed by atoms with Crippen LogP contribution in [0.3, 0.4) is 0 Å². The van der Waals surface area contributed by atoms with Gasteiger partial charge >= 0.3 is 0 Å². The van der Waals surface area contributed by atoms with Gasteiger partial charge in [-0.15, -0.1) is 5.10 Å². The summed E-state index contributed by atoms with van der Waals surface area (Å²) in [6, 6.07) is 19.1. The van der Waals surface area contributed by atoms with Gasteiger partial charge in [0.2, 0.25) is 0 Å². The highest BCUT2D eigenvalue weighted by molar-refractivity contribution is 6.32. The predicted octanol–water partition coefficient (Wildman–Crippen LogP) is 6.86. The Bertz CT molecular complexity index is 1730. The second kappa shape index (κ2) is 11.1. The molecule has 3 aromatic carbocycles. The maximum atomic E-state index is 13.8. The average Bonchev–Trinajstić information content (AvgIpc) is 3.36. The van der Waals surface area contributed by atoms with Crippen LogP contribution in [-0.2, 0) is 6.54 Å². The first-order valence-corrected chi connectivity index (χ1v) is 13.1. The molecule has 0 fully saturated rings. The number of rotatable bonds is 8. The van der Waals surface area contributed by atoms with Crippen LogP contribution in [0.2, 0.25) is 10.0 Å². The van der Waals surface area contributed by atoms with Crippen molar-refractivity contribution in [2.75, 3.05) is 10.6 Å². The highest BCUT2D eigenvalue weighted by Crippen LogP contribution is 2.37. The summed E-state index contributed by atoms with van der Waals surface area (Å²) in [5.41, 5.74) is 2.93. The fourth-order valence-electron chi connectivity index (χ4n) is 4.36. The molecule has 40 heavy (non-hydrogen) atoms. The maximum absolute atomic E-state index is 13.8. The minimum Gasteiger partial charge on any atom is -0.389 e. The molecule has 0 saturated carbocycles. The SMILES string of the molecule is CC(C)(O)Cn1cc([C@@H](Nc2cc(Cl)cc3c(Nc4ccc(F)c(Cl)c4)c(C#N)cnc23)c2ccccc2)nn1. The van der Waals surface area contributed by atoms with Crippen molar-refractivity contribution in [2.45, 2.75) is 32.0 Å². The van der Waals surface area contributed by atoms with E-state index in [2.05, 4.69) is 32.0 Å². The van der Waals surface area contributed by atoms with Gasteiger partial charge in [-0.3, -0.25) is 4.98 Å². The zero-order valence-corrected chi connectivity index (χ0v) is 23.0. The highest BCUT2D eigenvalue weighted by atomic mass is 35.5. The first-order valence-electron chi connectivity index (χ1n) is 12.3. The van der Waals surface area contributed by atoms with Crippen LogP contribution >= 0.6 is 23.2 Å². The third kappa shape index (κ3) is 6.00. The number of nitrogens with one attached hydrogen (secondary N) is 2. The molecule has 0 aliphatic rings. The molecule has 0 bridgehead atoms. The molecule has 5 rings (SSSR count). The van der Waals surface area contributed by atoms with E-state index in [1.807, 2.05) is 30.3 Å². The molecule has 1 atom stereocenters. The quantitative estimate of drug-likeness (QED) is 0.185. The van der Waals surface area contributed by atoms with Gasteiger partial charge in [0, 0.05) is 22.3 Å². The van der Waals surface area contributed by atoms with Crippen LogP contribution in [0.1, 0.15) is 36.7 Å². The molecule has 202 valence electrons. The van der Waals surface area contributed by atoms with Crippen LogP contribution < -0.4 is 10.6 Å². The van der Waals surface area contributed by atoms with Crippen molar-refractivity contribution in [3.05, 3.63) is 106 Å². The molecule has 2 aromatic heterocycles. The Balaban J connectivity index is 1.60. The first-order chi connectivity index (χ1) is 19.1. The number of aromatic nitrogens is 4. The monoisotopic (exact) mass is 575 g/mol. The van der Waals surface area contributed by atoms with Gasteiger partial charge in [0.25, 0.3) is 0 Å². The number of benzene rings is 3. The molecule has 0 aliphatic carbocycles. The van der Waals surface area contributed by atoms with E-state index in [-0.39, 0.29) is 17.1 Å². The smallest absolute Gasteiger partial charge is 0.141 e. The lowest BCUT2D eigenvalue weighted by molar-refractivity contribution is 0.0571. The predicted molar refractivity (Wildman–Crippen MR) is 154 cm³/mol. The van der Waals surface area contributed by atoms with Crippen molar-refractivity contribution in [1.82, 2.24) is 20.0 Å². The van der Waals surface area contributed by atoms with Gasteiger partial charge in [0.05, 0.1) is 51.9 Å². The number of anilines is 3. The minimum absolute atomic E-state index is 0.0504. The molecular weight excluding hydrogens is 552 g/mol. The molecule has 5 aromatic rings. The summed E-state index contributed by atoms with van der Waals surface area (Å²) in [5.74, 6) is -0.548. The minimum atomic E-state index is -0.968. The molecule has 0 amide bonds. The number of aliphatic hydroxyl groups is 1. The zero-order chi connectivity index (χ0) is 28.4. The molecule has 8 nitrogen and oxygen atoms in total. The number of nitriles is 1. The Kier molecular flexibility index (Phi) is 7.59. The maximum Gasteiger partial charge on any atom is 0.141 e. The van der Waals surface area contributed by atoms with Crippen LogP contribution in [0, 0.1) is 17.1 Å². The van der Waals surface area contributed by atoms with E-state index in [0.717, 1.165) is 5.56 Å². The summed E-state index contributed by atoms with van der Waals surface area (Å²) < 4.78 is 15.3. The van der Waals surface area contributed by atoms with Gasteiger partial charge in [-0.05, 0) is 49.7 Å². The highest BCUT2D eigenvalue weighted by Gasteiger charge is 2.22. The number of hydrogen-bond acceptors (Lipinski definition) is 7. The summed E-state index contributed by atoms with van der Waals surface area (Å²) in [6.45, 7) is 3.67. The van der Waals surface area contributed by atoms with E-state index >= 15 is 0 Å². The molecule has 0 saturated heterocycles. The first kappa shape index (κ1) is 27.3. The van der Waals surface area contributed by atoms with E-state index in [9.17, 15) is 14.8 Å². The Morgan fingerprint density at radius 2 is 1.90 bits per heavy atom. The number of halogens is 3. The molecule has 3 N–H and O–H groups in total. The summed E-state index contributed by atoms with van der Waals surface area (Å²) in [7, 11) is 0. The Hall–Kier alpha value is -4.23. The van der Waals surface area contributed by atoms with Crippen molar-refractivity contribution < 1.29 is 9.50 Å².